The van der Waals surface area contributed by atoms with Crippen LogP contribution in [0.1, 0.15) is 5.56 Å². The van der Waals surface area contributed by atoms with Crippen molar-refractivity contribution in [1.29, 1.82) is 0 Å². The van der Waals surface area contributed by atoms with Gasteiger partial charge in [-0.05, 0) is 17.7 Å². The summed E-state index contributed by atoms with van der Waals surface area (Å²) in [4.78, 5) is 12.1. The highest BCUT2D eigenvalue weighted by Crippen LogP contribution is 2.25. The summed E-state index contributed by atoms with van der Waals surface area (Å²) < 4.78 is 12.0. The Labute approximate surface area is 133 Å². The van der Waals surface area contributed by atoms with Gasteiger partial charge in [-0.1, -0.05) is 55.1 Å². The number of fused-ring (bicyclic) bond motifs is 1. The first-order chi connectivity index (χ1) is 11.3. The molecular weight excluding hydrogens is 292 g/mol. The molecule has 23 heavy (non-hydrogen) atoms. The quantitative estimate of drug-likeness (QED) is 0.673. The van der Waals surface area contributed by atoms with Crippen LogP contribution in [0.2, 0.25) is 0 Å². The Hall–Kier alpha value is -3.08. The van der Waals surface area contributed by atoms with E-state index in [-0.39, 0.29) is 6.61 Å². The maximum absolute atomic E-state index is 12.1. The third-order valence-corrected chi connectivity index (χ3v) is 3.27. The lowest BCUT2D eigenvalue weighted by Crippen LogP contribution is -2.15. The van der Waals surface area contributed by atoms with Gasteiger partial charge in [-0.25, -0.2) is 4.79 Å². The summed E-state index contributed by atoms with van der Waals surface area (Å²) in [6.07, 6.45) is 0.951. The molecule has 0 aliphatic heterocycles. The number of hydrogen-bond donors (Lipinski definition) is 0. The number of carbonyl (C=O) groups is 1. The van der Waals surface area contributed by atoms with E-state index in [1.807, 2.05) is 48.5 Å². The van der Waals surface area contributed by atoms with Crippen molar-refractivity contribution in [3.63, 3.8) is 0 Å². The number of para-hydroxylation sites is 1. The van der Waals surface area contributed by atoms with Crippen molar-refractivity contribution in [3.05, 3.63) is 72.8 Å². The molecule has 5 heteroatoms. The average molecular weight is 308 g/mol. The van der Waals surface area contributed by atoms with Crippen LogP contribution >= 0.6 is 0 Å². The molecule has 2 aromatic carbocycles. The van der Waals surface area contributed by atoms with Crippen LogP contribution in [0, 0.1) is 0 Å². The summed E-state index contributed by atoms with van der Waals surface area (Å²) in [6.45, 7) is 4.04. The van der Waals surface area contributed by atoms with Crippen molar-refractivity contribution in [2.75, 3.05) is 6.61 Å². The molecule has 1 aromatic heterocycles. The lowest BCUT2D eigenvalue weighted by atomic mass is 10.2. The highest BCUT2D eigenvalue weighted by Gasteiger charge is 2.17. The Kier molecular flexibility index (Phi) is 4.38. The minimum atomic E-state index is -0.560. The number of hydrogen-bond acceptors (Lipinski definition) is 4. The number of rotatable bonds is 5. The highest BCUT2D eigenvalue weighted by atomic mass is 16.6. The molecule has 1 heterocycles. The Balaban J connectivity index is 1.88. The lowest BCUT2D eigenvalue weighted by Gasteiger charge is -2.03. The molecule has 3 aromatic rings. The number of benzene rings is 2. The van der Waals surface area contributed by atoms with Crippen molar-refractivity contribution in [1.82, 2.24) is 9.78 Å². The van der Waals surface area contributed by atoms with Gasteiger partial charge >= 0.3 is 6.09 Å². The molecule has 0 bridgehead atoms. The summed E-state index contributed by atoms with van der Waals surface area (Å²) >= 11 is 0. The van der Waals surface area contributed by atoms with Crippen LogP contribution in [0.4, 0.5) is 4.79 Å². The molecular formula is C18H16N2O3. The molecule has 5 nitrogen and oxygen atoms in total. The van der Waals surface area contributed by atoms with Gasteiger partial charge in [-0.15, -0.1) is 5.10 Å². The molecule has 0 aliphatic carbocycles. The van der Waals surface area contributed by atoms with Crippen molar-refractivity contribution < 1.29 is 14.3 Å². The summed E-state index contributed by atoms with van der Waals surface area (Å²) in [7, 11) is 0. The van der Waals surface area contributed by atoms with Crippen LogP contribution in [0.15, 0.2) is 67.3 Å². The molecule has 0 radical (unpaired) electrons. The second kappa shape index (κ2) is 6.79. The molecule has 0 spiro atoms. The lowest BCUT2D eigenvalue weighted by molar-refractivity contribution is 0.156. The molecule has 0 atom stereocenters. The first-order valence-corrected chi connectivity index (χ1v) is 7.22. The zero-order valence-corrected chi connectivity index (χ0v) is 12.5. The van der Waals surface area contributed by atoms with Gasteiger partial charge in [-0.2, -0.15) is 4.68 Å². The van der Waals surface area contributed by atoms with Gasteiger partial charge in [0.25, 0.3) is 0 Å². The van der Waals surface area contributed by atoms with Gasteiger partial charge in [-0.3, -0.25) is 0 Å². The van der Waals surface area contributed by atoms with E-state index in [0.29, 0.717) is 18.0 Å². The second-order valence-electron chi connectivity index (χ2n) is 4.87. The van der Waals surface area contributed by atoms with E-state index in [2.05, 4.69) is 11.7 Å². The second-order valence-corrected chi connectivity index (χ2v) is 4.87. The van der Waals surface area contributed by atoms with Gasteiger partial charge < -0.3 is 9.47 Å². The fraction of sp³-hybridized carbons (Fsp3) is 0.111. The fourth-order valence-electron chi connectivity index (χ4n) is 2.20. The van der Waals surface area contributed by atoms with Crippen LogP contribution in [0.3, 0.4) is 0 Å². The molecule has 0 aliphatic rings. The first-order valence-electron chi connectivity index (χ1n) is 7.22. The molecule has 0 N–H and O–H groups in total. The summed E-state index contributed by atoms with van der Waals surface area (Å²) in [6, 6.07) is 17.1. The topological polar surface area (TPSA) is 53.4 Å². The van der Waals surface area contributed by atoms with Crippen molar-refractivity contribution in [3.8, 4) is 5.88 Å². The van der Waals surface area contributed by atoms with Crippen LogP contribution < -0.4 is 4.74 Å². The normalized spacial score (nSPS) is 10.4. The van der Waals surface area contributed by atoms with Crippen LogP contribution in [-0.2, 0) is 11.3 Å². The maximum atomic E-state index is 12.1. The molecule has 116 valence electrons. The molecule has 3 rings (SSSR count). The van der Waals surface area contributed by atoms with Crippen LogP contribution in [-0.4, -0.2) is 22.5 Å². The monoisotopic (exact) mass is 308 g/mol. The van der Waals surface area contributed by atoms with E-state index in [1.165, 1.54) is 10.8 Å². The van der Waals surface area contributed by atoms with Crippen LogP contribution in [0.25, 0.3) is 10.9 Å². The molecule has 0 unspecified atom stereocenters. The Morgan fingerprint density at radius 3 is 2.65 bits per heavy atom. The summed E-state index contributed by atoms with van der Waals surface area (Å²) in [5.41, 5.74) is 1.67. The number of carbonyl (C=O) groups excluding carboxylic acids is 1. The summed E-state index contributed by atoms with van der Waals surface area (Å²) in [5, 5.41) is 5.01. The Morgan fingerprint density at radius 2 is 1.87 bits per heavy atom. The zero-order chi connectivity index (χ0) is 16.1. The average Bonchev–Trinajstić information content (AvgIpc) is 2.98. The van der Waals surface area contributed by atoms with Gasteiger partial charge in [0.2, 0.25) is 5.88 Å². The maximum Gasteiger partial charge on any atom is 0.435 e. The molecule has 0 amide bonds. The van der Waals surface area contributed by atoms with Crippen LogP contribution in [0.5, 0.6) is 5.88 Å². The number of aromatic nitrogens is 2. The third-order valence-electron chi connectivity index (χ3n) is 3.27. The van der Waals surface area contributed by atoms with E-state index in [1.54, 1.807) is 6.07 Å². The minimum absolute atomic E-state index is 0.132. The third kappa shape index (κ3) is 3.23. The number of nitrogens with zero attached hydrogens (tertiary/aromatic N) is 2. The highest BCUT2D eigenvalue weighted by molar-refractivity contribution is 5.91. The Morgan fingerprint density at radius 1 is 1.13 bits per heavy atom. The van der Waals surface area contributed by atoms with E-state index in [0.717, 1.165) is 10.9 Å². The van der Waals surface area contributed by atoms with E-state index < -0.39 is 6.09 Å². The van der Waals surface area contributed by atoms with Crippen molar-refractivity contribution in [2.45, 2.75) is 6.61 Å². The standard InChI is InChI=1S/C18H16N2O3/c1-2-12-22-18(21)20-16-11-7-6-10-15(16)17(19-20)23-13-14-8-4-3-5-9-14/h2-11H,1,12-13H2. The van der Waals surface area contributed by atoms with Gasteiger partial charge in [0.15, 0.2) is 0 Å². The van der Waals surface area contributed by atoms with E-state index in [4.69, 9.17) is 9.47 Å². The van der Waals surface area contributed by atoms with E-state index in [9.17, 15) is 4.79 Å². The van der Waals surface area contributed by atoms with Crippen molar-refractivity contribution in [2.24, 2.45) is 0 Å². The molecule has 0 saturated heterocycles. The number of ether oxygens (including phenoxy) is 2. The first kappa shape index (κ1) is 14.8. The van der Waals surface area contributed by atoms with Gasteiger partial charge in [0.1, 0.15) is 13.2 Å². The van der Waals surface area contributed by atoms with E-state index >= 15 is 0 Å². The molecule has 0 saturated carbocycles. The predicted octanol–water partition coefficient (Wildman–Crippen LogP) is 3.79. The van der Waals surface area contributed by atoms with Crippen molar-refractivity contribution >= 4 is 17.0 Å². The Bertz CT molecular complexity index is 825. The zero-order valence-electron chi connectivity index (χ0n) is 12.5. The smallest absolute Gasteiger partial charge is 0.435 e. The predicted molar refractivity (Wildman–Crippen MR) is 87.5 cm³/mol. The summed E-state index contributed by atoms with van der Waals surface area (Å²) in [5.74, 6) is 0.403. The van der Waals surface area contributed by atoms with Gasteiger partial charge in [0.05, 0.1) is 10.9 Å². The SMILES string of the molecule is C=CCOC(=O)n1nc(OCc2ccccc2)c2ccccc21. The largest absolute Gasteiger partial charge is 0.471 e. The minimum Gasteiger partial charge on any atom is -0.471 e. The molecule has 0 fully saturated rings. The fourth-order valence-corrected chi connectivity index (χ4v) is 2.20. The van der Waals surface area contributed by atoms with Gasteiger partial charge in [0, 0.05) is 0 Å².